The molecule has 31 heavy (non-hydrogen) atoms. The Morgan fingerprint density at radius 3 is 2.19 bits per heavy atom. The van der Waals surface area contributed by atoms with Gasteiger partial charge in [-0.15, -0.1) is 0 Å². The number of likely N-dealkylation sites (N-methyl/N-ethyl adjacent to an activating group) is 1. The summed E-state index contributed by atoms with van der Waals surface area (Å²) in [5.74, 6) is -0.186. The number of carbonyl (C=O) groups is 1. The molecule has 1 amide bonds. The minimum atomic E-state index is -4.13. The van der Waals surface area contributed by atoms with Gasteiger partial charge in [-0.25, -0.2) is 13.2 Å². The number of hydrogen-bond acceptors (Lipinski definition) is 5. The topological polar surface area (TPSA) is 84.6 Å². The zero-order chi connectivity index (χ0) is 22.2. The van der Waals surface area contributed by atoms with E-state index in [9.17, 15) is 18.0 Å². The lowest BCUT2D eigenvalue weighted by Gasteiger charge is -2.34. The maximum atomic E-state index is 13.4. The van der Waals surface area contributed by atoms with E-state index in [1.54, 1.807) is 54.3 Å². The fourth-order valence-corrected chi connectivity index (χ4v) is 5.70. The first-order valence-electron chi connectivity index (χ1n) is 10.4. The Balaban J connectivity index is 1.76. The molecule has 2 heterocycles. The van der Waals surface area contributed by atoms with Crippen LogP contribution in [-0.2, 0) is 21.4 Å². The van der Waals surface area contributed by atoms with E-state index in [2.05, 4.69) is 11.8 Å². The Kier molecular flexibility index (Phi) is 5.72. The van der Waals surface area contributed by atoms with Crippen molar-refractivity contribution in [1.29, 1.82) is 0 Å². The van der Waals surface area contributed by atoms with Crippen LogP contribution in [0.3, 0.4) is 0 Å². The predicted octanol–water partition coefficient (Wildman–Crippen LogP) is 1.51. The van der Waals surface area contributed by atoms with Crippen LogP contribution in [-0.4, -0.2) is 65.4 Å². The van der Waals surface area contributed by atoms with Crippen LogP contribution in [0.1, 0.15) is 12.5 Å². The molecule has 2 aromatic carbocycles. The highest BCUT2D eigenvalue weighted by molar-refractivity contribution is 7.90. The van der Waals surface area contributed by atoms with Gasteiger partial charge in [-0.1, -0.05) is 37.3 Å². The summed E-state index contributed by atoms with van der Waals surface area (Å²) in [5.41, 5.74) is 0.505. The standard InChI is InChI=1S/C22H26N4O4S/c1-3-23-12-14-24(15-13-23)21(27)16-25-18-9-5-6-10-19(18)26(22(25)28)31(29,30)20-11-7-4-8-17(20)2/h4-11H,3,12-16H2,1-2H3. The molecule has 1 aliphatic rings. The number of fused-ring (bicyclic) bond motifs is 1. The van der Waals surface area contributed by atoms with Crippen LogP contribution < -0.4 is 5.69 Å². The summed E-state index contributed by atoms with van der Waals surface area (Å²) in [4.78, 5) is 30.3. The van der Waals surface area contributed by atoms with Crippen molar-refractivity contribution < 1.29 is 13.2 Å². The van der Waals surface area contributed by atoms with Gasteiger partial charge in [0.15, 0.2) is 0 Å². The molecular formula is C22H26N4O4S. The molecule has 0 bridgehead atoms. The van der Waals surface area contributed by atoms with E-state index in [1.807, 2.05) is 0 Å². The molecule has 0 atom stereocenters. The fourth-order valence-electron chi connectivity index (χ4n) is 4.06. The number of hydrogen-bond donors (Lipinski definition) is 0. The van der Waals surface area contributed by atoms with Crippen LogP contribution in [0, 0.1) is 6.92 Å². The molecule has 1 aliphatic heterocycles. The number of amides is 1. The Bertz CT molecular complexity index is 1280. The van der Waals surface area contributed by atoms with Crippen LogP contribution in [0.25, 0.3) is 11.0 Å². The van der Waals surface area contributed by atoms with Crippen molar-refractivity contribution in [1.82, 2.24) is 18.3 Å². The lowest BCUT2D eigenvalue weighted by Crippen LogP contribution is -2.49. The Morgan fingerprint density at radius 2 is 1.55 bits per heavy atom. The number of benzene rings is 2. The van der Waals surface area contributed by atoms with Gasteiger partial charge in [0, 0.05) is 26.2 Å². The van der Waals surface area contributed by atoms with Crippen molar-refractivity contribution in [2.24, 2.45) is 0 Å². The minimum absolute atomic E-state index is 0.0713. The van der Waals surface area contributed by atoms with Crippen molar-refractivity contribution in [3.63, 3.8) is 0 Å². The molecule has 1 fully saturated rings. The number of rotatable bonds is 5. The summed E-state index contributed by atoms with van der Waals surface area (Å²) >= 11 is 0. The van der Waals surface area contributed by atoms with Gasteiger partial charge in [0.1, 0.15) is 6.54 Å². The van der Waals surface area contributed by atoms with Gasteiger partial charge in [-0.2, -0.15) is 3.97 Å². The number of aryl methyl sites for hydroxylation is 1. The van der Waals surface area contributed by atoms with E-state index >= 15 is 0 Å². The summed E-state index contributed by atoms with van der Waals surface area (Å²) in [6.07, 6.45) is 0. The number of piperazine rings is 1. The first-order chi connectivity index (χ1) is 14.8. The summed E-state index contributed by atoms with van der Waals surface area (Å²) in [7, 11) is -4.13. The number of imidazole rings is 1. The molecule has 0 aliphatic carbocycles. The third-order valence-electron chi connectivity index (χ3n) is 5.87. The van der Waals surface area contributed by atoms with Gasteiger partial charge in [0.2, 0.25) is 5.91 Å². The van der Waals surface area contributed by atoms with Crippen LogP contribution in [0.5, 0.6) is 0 Å². The number of aromatic nitrogens is 2. The lowest BCUT2D eigenvalue weighted by molar-refractivity contribution is -0.133. The second kappa shape index (κ2) is 8.32. The number of carbonyl (C=O) groups excluding carboxylic acids is 1. The van der Waals surface area contributed by atoms with Crippen LogP contribution in [0.2, 0.25) is 0 Å². The summed E-state index contributed by atoms with van der Waals surface area (Å²) in [6, 6.07) is 13.2. The largest absolute Gasteiger partial charge is 0.343 e. The molecule has 0 unspecified atom stereocenters. The minimum Gasteiger partial charge on any atom is -0.339 e. The van der Waals surface area contributed by atoms with Crippen LogP contribution in [0.15, 0.2) is 58.2 Å². The summed E-state index contributed by atoms with van der Waals surface area (Å²) in [6.45, 7) is 7.30. The molecule has 0 radical (unpaired) electrons. The number of nitrogens with zero attached hydrogens (tertiary/aromatic N) is 4. The van der Waals surface area contributed by atoms with Crippen molar-refractivity contribution in [3.05, 3.63) is 64.6 Å². The Morgan fingerprint density at radius 1 is 0.935 bits per heavy atom. The SMILES string of the molecule is CCN1CCN(C(=O)Cn2c(=O)n(S(=O)(=O)c3ccccc3C)c3ccccc32)CC1. The normalized spacial score (nSPS) is 15.5. The van der Waals surface area contributed by atoms with Crippen LogP contribution in [0.4, 0.5) is 0 Å². The van der Waals surface area contributed by atoms with Gasteiger partial charge in [0.25, 0.3) is 10.0 Å². The molecule has 1 saturated heterocycles. The molecule has 3 aromatic rings. The predicted molar refractivity (Wildman–Crippen MR) is 119 cm³/mol. The summed E-state index contributed by atoms with van der Waals surface area (Å²) < 4.78 is 28.9. The number of para-hydroxylation sites is 2. The van der Waals surface area contributed by atoms with E-state index < -0.39 is 15.7 Å². The van der Waals surface area contributed by atoms with Crippen molar-refractivity contribution in [3.8, 4) is 0 Å². The smallest absolute Gasteiger partial charge is 0.339 e. The monoisotopic (exact) mass is 442 g/mol. The molecular weight excluding hydrogens is 416 g/mol. The highest BCUT2D eigenvalue weighted by Gasteiger charge is 2.28. The van der Waals surface area contributed by atoms with E-state index in [4.69, 9.17) is 0 Å². The zero-order valence-corrected chi connectivity index (χ0v) is 18.5. The third-order valence-corrected chi connectivity index (χ3v) is 7.72. The van der Waals surface area contributed by atoms with Gasteiger partial charge in [0.05, 0.1) is 15.9 Å². The van der Waals surface area contributed by atoms with Crippen molar-refractivity contribution in [2.75, 3.05) is 32.7 Å². The van der Waals surface area contributed by atoms with Gasteiger partial charge in [-0.05, 0) is 37.2 Å². The molecule has 164 valence electrons. The van der Waals surface area contributed by atoms with E-state index in [0.29, 0.717) is 24.2 Å². The molecule has 0 spiro atoms. The first kappa shape index (κ1) is 21.3. The van der Waals surface area contributed by atoms with E-state index in [0.717, 1.165) is 23.6 Å². The van der Waals surface area contributed by atoms with E-state index in [-0.39, 0.29) is 22.9 Å². The molecule has 1 aromatic heterocycles. The van der Waals surface area contributed by atoms with Gasteiger partial charge >= 0.3 is 5.69 Å². The van der Waals surface area contributed by atoms with Crippen LogP contribution >= 0.6 is 0 Å². The Labute approximate surface area is 181 Å². The average molecular weight is 443 g/mol. The maximum Gasteiger partial charge on any atom is 0.343 e. The fraction of sp³-hybridized carbons (Fsp3) is 0.364. The third kappa shape index (κ3) is 3.79. The average Bonchev–Trinajstić information content (AvgIpc) is 3.06. The highest BCUT2D eigenvalue weighted by atomic mass is 32.2. The molecule has 4 rings (SSSR count). The molecule has 9 heteroatoms. The van der Waals surface area contributed by atoms with E-state index in [1.165, 1.54) is 10.6 Å². The highest BCUT2D eigenvalue weighted by Crippen LogP contribution is 2.22. The van der Waals surface area contributed by atoms with Crippen molar-refractivity contribution >= 4 is 27.0 Å². The maximum absolute atomic E-state index is 13.4. The molecule has 0 saturated carbocycles. The second-order valence-corrected chi connectivity index (χ2v) is 9.46. The lowest BCUT2D eigenvalue weighted by atomic mass is 10.2. The van der Waals surface area contributed by atoms with Gasteiger partial charge < -0.3 is 9.80 Å². The first-order valence-corrected chi connectivity index (χ1v) is 11.8. The molecule has 8 nitrogen and oxygen atoms in total. The molecule has 0 N–H and O–H groups in total. The Hall–Kier alpha value is -2.91. The zero-order valence-electron chi connectivity index (χ0n) is 17.7. The summed E-state index contributed by atoms with van der Waals surface area (Å²) in [5, 5.41) is 0. The second-order valence-electron chi connectivity index (χ2n) is 7.71. The van der Waals surface area contributed by atoms with Gasteiger partial charge in [-0.3, -0.25) is 9.36 Å². The quantitative estimate of drug-likeness (QED) is 0.598. The van der Waals surface area contributed by atoms with Crippen molar-refractivity contribution in [2.45, 2.75) is 25.3 Å².